The van der Waals surface area contributed by atoms with Crippen LogP contribution < -0.4 is 16.4 Å². The zero-order valence-corrected chi connectivity index (χ0v) is 22.4. The third-order valence-corrected chi connectivity index (χ3v) is 6.42. The van der Waals surface area contributed by atoms with Crippen molar-refractivity contribution in [1.29, 1.82) is 0 Å². The highest BCUT2D eigenvalue weighted by Crippen LogP contribution is 2.33. The molecule has 0 saturated heterocycles. The minimum Gasteiger partial charge on any atom is -0.370 e. The molecule has 0 atom stereocenters. The number of carbonyl (C=O) groups is 3. The van der Waals surface area contributed by atoms with E-state index in [4.69, 9.17) is 40.5 Å². The minimum absolute atomic E-state index is 0.0255. The van der Waals surface area contributed by atoms with Gasteiger partial charge in [0.2, 0.25) is 5.91 Å². The predicted molar refractivity (Wildman–Crippen MR) is 149 cm³/mol. The maximum absolute atomic E-state index is 13.4. The molecule has 0 unspecified atom stereocenters. The van der Waals surface area contributed by atoms with Crippen molar-refractivity contribution in [2.75, 3.05) is 11.9 Å². The number of anilines is 1. The van der Waals surface area contributed by atoms with E-state index in [0.717, 1.165) is 5.56 Å². The van der Waals surface area contributed by atoms with E-state index in [2.05, 4.69) is 15.7 Å². The largest absolute Gasteiger partial charge is 0.370 e. The first-order valence-corrected chi connectivity index (χ1v) is 12.6. The average molecular weight is 571 g/mol. The number of benzene rings is 3. The topological polar surface area (TPSA) is 119 Å². The highest BCUT2D eigenvalue weighted by atomic mass is 35.5. The summed E-state index contributed by atoms with van der Waals surface area (Å²) in [6.07, 6.45) is 0.0255. The number of nitrogens with zero attached hydrogens (tertiary/aromatic N) is 2. The van der Waals surface area contributed by atoms with Crippen LogP contribution in [0.1, 0.15) is 32.8 Å². The first-order chi connectivity index (χ1) is 18.1. The van der Waals surface area contributed by atoms with E-state index in [1.165, 1.54) is 6.07 Å². The zero-order valence-electron chi connectivity index (χ0n) is 20.1. The summed E-state index contributed by atoms with van der Waals surface area (Å²) in [4.78, 5) is 36.7. The van der Waals surface area contributed by atoms with E-state index in [0.29, 0.717) is 43.3 Å². The smallest absolute Gasteiger partial charge is 0.276 e. The lowest BCUT2D eigenvalue weighted by Gasteiger charge is -2.11. The van der Waals surface area contributed by atoms with Gasteiger partial charge in [-0.3, -0.25) is 14.4 Å². The van der Waals surface area contributed by atoms with E-state index >= 15 is 0 Å². The van der Waals surface area contributed by atoms with Crippen molar-refractivity contribution in [1.82, 2.24) is 15.1 Å². The van der Waals surface area contributed by atoms with E-state index in [1.54, 1.807) is 60.1 Å². The number of nitrogens with two attached hydrogens (primary N) is 1. The minimum atomic E-state index is -0.515. The van der Waals surface area contributed by atoms with Crippen molar-refractivity contribution in [2.24, 2.45) is 5.73 Å². The highest BCUT2D eigenvalue weighted by molar-refractivity contribution is 6.35. The van der Waals surface area contributed by atoms with Crippen LogP contribution in [0.4, 0.5) is 5.69 Å². The molecule has 8 nitrogen and oxygen atoms in total. The third-order valence-electron chi connectivity index (χ3n) is 5.63. The van der Waals surface area contributed by atoms with E-state index in [9.17, 15) is 14.4 Å². The summed E-state index contributed by atoms with van der Waals surface area (Å²) in [6, 6.07) is 18.6. The molecule has 0 radical (unpaired) electrons. The number of hydrogen-bond acceptors (Lipinski definition) is 4. The molecule has 0 fully saturated rings. The van der Waals surface area contributed by atoms with Crippen LogP contribution in [0.25, 0.3) is 16.9 Å². The standard InChI is InChI=1S/C27H22Cl3N5O3/c1-15-24(27(38)33-20-4-2-3-17(13-20)26(37)32-12-11-23(31)36)34-35(22-10-9-19(29)14-21(22)30)25(15)16-5-7-18(28)8-6-16/h2-10,13-14H,11-12H2,1H3,(H2,31,36)(H,32,37)(H,33,38). The monoisotopic (exact) mass is 569 g/mol. The summed E-state index contributed by atoms with van der Waals surface area (Å²) < 4.78 is 1.59. The number of carbonyl (C=O) groups excluding carboxylic acids is 3. The molecule has 4 rings (SSSR count). The zero-order chi connectivity index (χ0) is 27.4. The summed E-state index contributed by atoms with van der Waals surface area (Å²) in [5.41, 5.74) is 8.55. The lowest BCUT2D eigenvalue weighted by atomic mass is 10.1. The van der Waals surface area contributed by atoms with Crippen molar-refractivity contribution in [2.45, 2.75) is 13.3 Å². The fourth-order valence-corrected chi connectivity index (χ4v) is 4.43. The van der Waals surface area contributed by atoms with Crippen LogP contribution in [0.2, 0.25) is 15.1 Å². The molecule has 0 spiro atoms. The first kappa shape index (κ1) is 27.2. The van der Waals surface area contributed by atoms with Gasteiger partial charge < -0.3 is 16.4 Å². The summed E-state index contributed by atoms with van der Waals surface area (Å²) >= 11 is 18.7. The van der Waals surface area contributed by atoms with Gasteiger partial charge >= 0.3 is 0 Å². The van der Waals surface area contributed by atoms with Crippen molar-refractivity contribution in [3.05, 3.63) is 98.6 Å². The Morgan fingerprint density at radius 3 is 2.32 bits per heavy atom. The summed E-state index contributed by atoms with van der Waals surface area (Å²) in [6.45, 7) is 1.90. The van der Waals surface area contributed by atoms with Gasteiger partial charge in [-0.05, 0) is 55.5 Å². The second kappa shape index (κ2) is 11.7. The van der Waals surface area contributed by atoms with Crippen molar-refractivity contribution >= 4 is 58.2 Å². The van der Waals surface area contributed by atoms with Crippen LogP contribution in [-0.4, -0.2) is 34.0 Å². The molecular weight excluding hydrogens is 549 g/mol. The molecule has 0 aliphatic carbocycles. The van der Waals surface area contributed by atoms with Gasteiger partial charge in [0.15, 0.2) is 5.69 Å². The van der Waals surface area contributed by atoms with Crippen LogP contribution in [0.5, 0.6) is 0 Å². The summed E-state index contributed by atoms with van der Waals surface area (Å²) in [5.74, 6) is -1.39. The van der Waals surface area contributed by atoms with Crippen LogP contribution >= 0.6 is 34.8 Å². The lowest BCUT2D eigenvalue weighted by molar-refractivity contribution is -0.117. The SMILES string of the molecule is Cc1c(C(=O)Nc2cccc(C(=O)NCCC(N)=O)c2)nn(-c2ccc(Cl)cc2Cl)c1-c1ccc(Cl)cc1. The lowest BCUT2D eigenvalue weighted by Crippen LogP contribution is -2.27. The van der Waals surface area contributed by atoms with Gasteiger partial charge in [0.05, 0.1) is 16.4 Å². The first-order valence-electron chi connectivity index (χ1n) is 11.4. The molecule has 3 aromatic carbocycles. The maximum Gasteiger partial charge on any atom is 0.276 e. The molecule has 1 aromatic heterocycles. The molecule has 0 saturated carbocycles. The average Bonchev–Trinajstić information content (AvgIpc) is 3.21. The fourth-order valence-electron chi connectivity index (χ4n) is 3.82. The molecule has 0 aliphatic rings. The number of hydrogen-bond donors (Lipinski definition) is 3. The Labute approximate surface area is 233 Å². The number of primary amides is 1. The predicted octanol–water partition coefficient (Wildman–Crippen LogP) is 5.67. The van der Waals surface area contributed by atoms with Crippen LogP contribution in [0.15, 0.2) is 66.7 Å². The second-order valence-corrected chi connectivity index (χ2v) is 9.62. The molecule has 11 heteroatoms. The van der Waals surface area contributed by atoms with Gasteiger partial charge in [-0.1, -0.05) is 53.0 Å². The highest BCUT2D eigenvalue weighted by Gasteiger charge is 2.23. The van der Waals surface area contributed by atoms with Crippen LogP contribution in [-0.2, 0) is 4.79 Å². The van der Waals surface area contributed by atoms with Gasteiger partial charge in [0.25, 0.3) is 11.8 Å². The molecule has 1 heterocycles. The van der Waals surface area contributed by atoms with Gasteiger partial charge in [0.1, 0.15) is 0 Å². The number of nitrogens with one attached hydrogen (secondary N) is 2. The van der Waals surface area contributed by atoms with Crippen molar-refractivity contribution in [3.8, 4) is 16.9 Å². The Kier molecular flexibility index (Phi) is 8.36. The fraction of sp³-hybridized carbons (Fsp3) is 0.111. The molecule has 0 aliphatic heterocycles. The maximum atomic E-state index is 13.4. The molecule has 4 aromatic rings. The Hall–Kier alpha value is -3.85. The number of amides is 3. The Morgan fingerprint density at radius 1 is 0.921 bits per heavy atom. The molecule has 3 amide bonds. The summed E-state index contributed by atoms with van der Waals surface area (Å²) in [5, 5.41) is 11.4. The molecule has 4 N–H and O–H groups in total. The third kappa shape index (κ3) is 6.16. The van der Waals surface area contributed by atoms with Crippen LogP contribution in [0, 0.1) is 6.92 Å². The van der Waals surface area contributed by atoms with Gasteiger partial charge in [-0.2, -0.15) is 5.10 Å². The second-order valence-electron chi connectivity index (χ2n) is 8.34. The molecule has 0 bridgehead atoms. The van der Waals surface area contributed by atoms with E-state index in [1.807, 2.05) is 12.1 Å². The van der Waals surface area contributed by atoms with Crippen molar-refractivity contribution in [3.63, 3.8) is 0 Å². The van der Waals surface area contributed by atoms with E-state index in [-0.39, 0.29) is 18.7 Å². The Morgan fingerprint density at radius 2 is 1.63 bits per heavy atom. The van der Waals surface area contributed by atoms with Gasteiger partial charge in [-0.25, -0.2) is 4.68 Å². The van der Waals surface area contributed by atoms with Crippen LogP contribution in [0.3, 0.4) is 0 Å². The quantitative estimate of drug-likeness (QED) is 0.253. The van der Waals surface area contributed by atoms with Gasteiger partial charge in [0, 0.05) is 45.4 Å². The summed E-state index contributed by atoms with van der Waals surface area (Å²) in [7, 11) is 0. The Balaban J connectivity index is 1.68. The van der Waals surface area contributed by atoms with Crippen molar-refractivity contribution < 1.29 is 14.4 Å². The number of aromatic nitrogens is 2. The molecule has 194 valence electrons. The number of rotatable bonds is 8. The normalized spacial score (nSPS) is 10.7. The number of halogens is 3. The molecule has 38 heavy (non-hydrogen) atoms. The Bertz CT molecular complexity index is 1530. The molecular formula is C27H22Cl3N5O3. The van der Waals surface area contributed by atoms with E-state index < -0.39 is 17.7 Å². The van der Waals surface area contributed by atoms with Gasteiger partial charge in [-0.15, -0.1) is 0 Å².